The zero-order valence-electron chi connectivity index (χ0n) is 22.3. The van der Waals surface area contributed by atoms with E-state index in [0.29, 0.717) is 0 Å². The number of rotatable bonds is 2. The largest absolute Gasteiger partial charge is 0.386 e. The number of nitrogen functional groups attached to an aromatic ring is 2. The van der Waals surface area contributed by atoms with E-state index in [1.165, 1.54) is 10.9 Å². The molecule has 10 atom stereocenters. The summed E-state index contributed by atoms with van der Waals surface area (Å²) in [7, 11) is 0. The fourth-order valence-electron chi connectivity index (χ4n) is 5.23. The monoisotopic (exact) mass is 710 g/mol. The Bertz CT molecular complexity index is 1950. The number of fused-ring (bicyclic) bond motifs is 5. The molecule has 3 aliphatic heterocycles. The fourth-order valence-corrected chi connectivity index (χ4v) is 8.12. The van der Waals surface area contributed by atoms with Crippen molar-refractivity contribution < 1.29 is 45.8 Å². The van der Waals surface area contributed by atoms with Crippen LogP contribution < -0.4 is 17.0 Å². The predicted octanol–water partition coefficient (Wildman–Crippen LogP) is 0.667. The Kier molecular flexibility index (Phi) is 7.72. The van der Waals surface area contributed by atoms with Gasteiger partial charge in [0.25, 0.3) is 5.56 Å². The number of halogens is 2. The molecule has 0 spiro atoms. The minimum absolute atomic E-state index is 0.0414. The minimum Gasteiger partial charge on any atom is -0.382 e. The van der Waals surface area contributed by atoms with Crippen molar-refractivity contribution in [3.05, 3.63) is 29.3 Å². The van der Waals surface area contributed by atoms with Gasteiger partial charge in [-0.3, -0.25) is 32.5 Å². The van der Waals surface area contributed by atoms with Crippen LogP contribution in [0.5, 0.6) is 0 Å². The van der Waals surface area contributed by atoms with E-state index in [4.69, 9.17) is 50.8 Å². The quantitative estimate of drug-likeness (QED) is 0.142. The fraction of sp³-hybridized carbons (Fsp3) is 0.500. The van der Waals surface area contributed by atoms with Crippen LogP contribution in [0.3, 0.4) is 0 Å². The summed E-state index contributed by atoms with van der Waals surface area (Å²) < 4.78 is 81.1. The lowest BCUT2D eigenvalue weighted by molar-refractivity contribution is -0.0578. The van der Waals surface area contributed by atoms with Gasteiger partial charge in [0.15, 0.2) is 47.4 Å². The highest BCUT2D eigenvalue weighted by Gasteiger charge is 2.54. The second kappa shape index (κ2) is 11.2. The number of hydrogen-bond acceptors (Lipinski definition) is 16. The van der Waals surface area contributed by atoms with E-state index >= 15 is 8.78 Å². The maximum absolute atomic E-state index is 16.0. The average Bonchev–Trinajstić information content (AvgIpc) is 3.72. The minimum atomic E-state index is -4.47. The molecule has 3 saturated heterocycles. The van der Waals surface area contributed by atoms with Gasteiger partial charge in [-0.2, -0.15) is 4.98 Å². The Hall–Kier alpha value is -2.69. The summed E-state index contributed by atoms with van der Waals surface area (Å²) in [6, 6.07) is 0. The molecule has 0 amide bonds. The molecule has 3 aliphatic rings. The van der Waals surface area contributed by atoms with Gasteiger partial charge in [0.05, 0.1) is 25.9 Å². The third kappa shape index (κ3) is 5.54. The van der Waals surface area contributed by atoms with Gasteiger partial charge < -0.3 is 30.4 Å². The first kappa shape index (κ1) is 30.9. The van der Waals surface area contributed by atoms with E-state index in [1.807, 2.05) is 0 Å². The zero-order valence-corrected chi connectivity index (χ0v) is 25.8. The zero-order chi connectivity index (χ0) is 31.8. The van der Waals surface area contributed by atoms with Gasteiger partial charge in [0, 0.05) is 0 Å². The van der Waals surface area contributed by atoms with Gasteiger partial charge in [0.1, 0.15) is 36.3 Å². The molecule has 7 rings (SSSR count). The summed E-state index contributed by atoms with van der Waals surface area (Å²) in [5.74, 6) is -0.224. The Balaban J connectivity index is 1.21. The number of ether oxygens (including phenoxy) is 2. The summed E-state index contributed by atoms with van der Waals surface area (Å²) >= 11 is 9.11. The Morgan fingerprint density at radius 1 is 0.956 bits per heavy atom. The molecule has 0 aromatic carbocycles. The Labute approximate surface area is 259 Å². The highest BCUT2D eigenvalue weighted by atomic mass is 32.7. The van der Waals surface area contributed by atoms with E-state index in [2.05, 4.69) is 42.2 Å². The number of nitrogens with zero attached hydrogens (tertiary/aromatic N) is 7. The van der Waals surface area contributed by atoms with Crippen LogP contribution in [-0.4, -0.2) is 93.9 Å². The summed E-state index contributed by atoms with van der Waals surface area (Å²) in [4.78, 5) is 45.4. The molecule has 4 aromatic rings. The number of hydrogen-bond donors (Lipinski definition) is 5. The van der Waals surface area contributed by atoms with Crippen LogP contribution in [0.15, 0.2) is 23.8 Å². The van der Waals surface area contributed by atoms with Gasteiger partial charge >= 0.3 is 13.5 Å². The molecule has 2 unspecified atom stereocenters. The van der Waals surface area contributed by atoms with E-state index < -0.39 is 81.5 Å². The summed E-state index contributed by atoms with van der Waals surface area (Å²) in [5.41, 5.74) is 10.9. The van der Waals surface area contributed by atoms with Crippen molar-refractivity contribution in [3.63, 3.8) is 0 Å². The molecular formula is C20H22F2N10O9P2S2. The highest BCUT2D eigenvalue weighted by molar-refractivity contribution is 8.44. The standard InChI is InChI=1S/C20H22F2N10O9P2S2/c21-8-6-1-36-42(34,44)40-12-7(39-18(9(12)22)32-5-28-11-16(32)29-20(24)30-17(11)33)2-37-43(35,45)41-13(8)19(38-6)31-4-27-10-14(23)25-3-26-15(10)31/h3-9,12-13,18-19H,1-2H2,(H,34,44)(H,35,45)(H2,23,25,26)(H3,24,29,30,33)/t6-,7-,8-,9-,12-,13-,18-,19-,42?,43?/m1/s1. The van der Waals surface area contributed by atoms with Crippen molar-refractivity contribution in [2.24, 2.45) is 0 Å². The van der Waals surface area contributed by atoms with Crippen molar-refractivity contribution >= 4 is 71.7 Å². The van der Waals surface area contributed by atoms with Crippen LogP contribution in [0.1, 0.15) is 12.5 Å². The number of aromatic nitrogens is 8. The highest BCUT2D eigenvalue weighted by Crippen LogP contribution is 2.59. The third-order valence-electron chi connectivity index (χ3n) is 7.23. The third-order valence-corrected chi connectivity index (χ3v) is 10.4. The molecule has 0 radical (unpaired) electrons. The lowest BCUT2D eigenvalue weighted by Gasteiger charge is -2.26. The number of imidazole rings is 2. The van der Waals surface area contributed by atoms with Gasteiger partial charge in [-0.05, 0) is 11.8 Å². The molecule has 3 fully saturated rings. The molecule has 0 saturated carbocycles. The first-order chi connectivity index (χ1) is 21.3. The smallest absolute Gasteiger partial charge is 0.382 e. The lowest BCUT2D eigenvalue weighted by atomic mass is 10.1. The van der Waals surface area contributed by atoms with Crippen LogP contribution in [0.25, 0.3) is 22.3 Å². The maximum Gasteiger partial charge on any atom is 0.386 e. The molecule has 6 N–H and O–H groups in total. The van der Waals surface area contributed by atoms with Gasteiger partial charge in [-0.15, -0.1) is 0 Å². The van der Waals surface area contributed by atoms with Crippen molar-refractivity contribution in [1.82, 2.24) is 39.0 Å². The number of H-pyrrole nitrogens is 1. The van der Waals surface area contributed by atoms with E-state index in [-0.39, 0.29) is 34.1 Å². The Morgan fingerprint density at radius 2 is 1.64 bits per heavy atom. The summed E-state index contributed by atoms with van der Waals surface area (Å²) in [5, 5.41) is 0. The predicted molar refractivity (Wildman–Crippen MR) is 155 cm³/mol. The molecule has 19 nitrogen and oxygen atoms in total. The average molecular weight is 711 g/mol. The SMILES string of the molecule is Nc1nc2c(ncn2[C@@H]2O[C@@H]3COP(=O)(S)O[C@@H]4[C@H](F)[C@@H](COP(O)(=S)O[C@H]3[C@H]2F)O[C@H]4n2cnc3c(N)ncnc32)c(=O)[nH]1. The van der Waals surface area contributed by atoms with Gasteiger partial charge in [0.2, 0.25) is 5.95 Å². The van der Waals surface area contributed by atoms with Crippen molar-refractivity contribution in [2.45, 2.75) is 49.2 Å². The van der Waals surface area contributed by atoms with Crippen LogP contribution in [0, 0.1) is 0 Å². The van der Waals surface area contributed by atoms with Crippen LogP contribution in [0.2, 0.25) is 0 Å². The molecule has 2 bridgehead atoms. The number of nitrogens with one attached hydrogen (secondary N) is 1. The number of anilines is 2. The second-order valence-electron chi connectivity index (χ2n) is 10.0. The molecule has 7 heterocycles. The van der Waals surface area contributed by atoms with E-state index in [0.717, 1.165) is 17.2 Å². The van der Waals surface area contributed by atoms with Crippen LogP contribution in [0.4, 0.5) is 20.5 Å². The Morgan fingerprint density at radius 3 is 2.42 bits per heavy atom. The van der Waals surface area contributed by atoms with E-state index in [9.17, 15) is 14.3 Å². The number of aromatic amines is 1. The van der Waals surface area contributed by atoms with Gasteiger partial charge in [-0.1, -0.05) is 12.2 Å². The molecule has 0 aliphatic carbocycles. The van der Waals surface area contributed by atoms with Gasteiger partial charge in [-0.25, -0.2) is 33.3 Å². The molecular weight excluding hydrogens is 688 g/mol. The molecule has 25 heteroatoms. The topological polar surface area (TPSA) is 252 Å². The van der Waals surface area contributed by atoms with E-state index in [1.54, 1.807) is 0 Å². The van der Waals surface area contributed by atoms with Crippen molar-refractivity contribution in [2.75, 3.05) is 24.7 Å². The van der Waals surface area contributed by atoms with Crippen LogP contribution >= 0.6 is 25.8 Å². The van der Waals surface area contributed by atoms with Crippen molar-refractivity contribution in [3.8, 4) is 0 Å². The summed E-state index contributed by atoms with van der Waals surface area (Å²) in [6.07, 6.45) is -9.82. The first-order valence-electron chi connectivity index (χ1n) is 12.9. The summed E-state index contributed by atoms with van der Waals surface area (Å²) in [6.45, 7) is -10.2. The first-order valence-corrected chi connectivity index (χ1v) is 18.2. The number of thiol groups is 1. The normalized spacial score (nSPS) is 37.7. The molecule has 45 heavy (non-hydrogen) atoms. The lowest BCUT2D eigenvalue weighted by Crippen LogP contribution is -2.34. The maximum atomic E-state index is 16.0. The second-order valence-corrected chi connectivity index (χ2v) is 15.7. The molecule has 242 valence electrons. The molecule has 4 aromatic heterocycles. The number of nitrogens with two attached hydrogens (primary N) is 2. The van der Waals surface area contributed by atoms with Crippen molar-refractivity contribution in [1.29, 1.82) is 0 Å². The number of alkyl halides is 2. The van der Waals surface area contributed by atoms with Crippen LogP contribution in [-0.2, 0) is 43.9 Å².